The highest BCUT2D eigenvalue weighted by molar-refractivity contribution is 6.04. The molecule has 1 atom stereocenters. The lowest BCUT2D eigenvalue weighted by atomic mass is 10.1. The first-order valence-corrected chi connectivity index (χ1v) is 10.8. The van der Waals surface area contributed by atoms with Crippen LogP contribution in [0.3, 0.4) is 0 Å². The van der Waals surface area contributed by atoms with Crippen LogP contribution in [0, 0.1) is 13.8 Å². The third-order valence-corrected chi connectivity index (χ3v) is 5.53. The van der Waals surface area contributed by atoms with E-state index in [2.05, 4.69) is 15.7 Å². The summed E-state index contributed by atoms with van der Waals surface area (Å²) in [5.74, 6) is -0.374. The molecular weight excluding hydrogens is 412 g/mol. The Bertz CT molecular complexity index is 1290. The van der Waals surface area contributed by atoms with Gasteiger partial charge in [-0.15, -0.1) is 0 Å². The summed E-state index contributed by atoms with van der Waals surface area (Å²) in [6.45, 7) is 5.82. The van der Waals surface area contributed by atoms with Gasteiger partial charge in [-0.1, -0.05) is 42.5 Å². The van der Waals surface area contributed by atoms with Crippen LogP contribution in [-0.4, -0.2) is 21.6 Å². The summed E-state index contributed by atoms with van der Waals surface area (Å²) in [4.78, 5) is 25.4. The summed E-state index contributed by atoms with van der Waals surface area (Å²) >= 11 is 0. The van der Waals surface area contributed by atoms with E-state index < -0.39 is 0 Å². The van der Waals surface area contributed by atoms with E-state index in [0.717, 1.165) is 22.5 Å². The molecule has 1 heterocycles. The fraction of sp³-hybridized carbons (Fsp3) is 0.148. The topological polar surface area (TPSA) is 76.0 Å². The first-order valence-electron chi connectivity index (χ1n) is 10.8. The molecular formula is C27H26N4O2. The van der Waals surface area contributed by atoms with Crippen LogP contribution in [0.1, 0.15) is 50.5 Å². The number of anilines is 1. The quantitative estimate of drug-likeness (QED) is 0.433. The third-order valence-electron chi connectivity index (χ3n) is 5.53. The first-order chi connectivity index (χ1) is 15.9. The molecule has 0 aliphatic heterocycles. The second kappa shape index (κ2) is 9.53. The number of rotatable bonds is 6. The summed E-state index contributed by atoms with van der Waals surface area (Å²) in [6.07, 6.45) is 1.59. The lowest BCUT2D eigenvalue weighted by Crippen LogP contribution is -2.27. The van der Waals surface area contributed by atoms with Crippen molar-refractivity contribution in [3.63, 3.8) is 0 Å². The Balaban J connectivity index is 1.46. The van der Waals surface area contributed by atoms with Gasteiger partial charge in [0.05, 0.1) is 29.2 Å². The highest BCUT2D eigenvalue weighted by Crippen LogP contribution is 2.20. The molecule has 0 bridgehead atoms. The van der Waals surface area contributed by atoms with Crippen molar-refractivity contribution in [2.45, 2.75) is 26.8 Å². The lowest BCUT2D eigenvalue weighted by Gasteiger charge is -2.16. The first kappa shape index (κ1) is 22.0. The van der Waals surface area contributed by atoms with E-state index in [0.29, 0.717) is 16.8 Å². The molecule has 0 saturated carbocycles. The van der Waals surface area contributed by atoms with E-state index >= 15 is 0 Å². The van der Waals surface area contributed by atoms with Crippen LogP contribution in [0.15, 0.2) is 85.1 Å². The number of carbonyl (C=O) groups excluding carboxylic acids is 2. The predicted molar refractivity (Wildman–Crippen MR) is 130 cm³/mol. The van der Waals surface area contributed by atoms with Gasteiger partial charge in [-0.3, -0.25) is 9.59 Å². The number of aromatic nitrogens is 2. The summed E-state index contributed by atoms with van der Waals surface area (Å²) in [5.41, 5.74) is 5.49. The number of amides is 2. The Hall–Kier alpha value is -4.19. The summed E-state index contributed by atoms with van der Waals surface area (Å²) in [6, 6.07) is 24.3. The van der Waals surface area contributed by atoms with Crippen molar-refractivity contribution < 1.29 is 9.59 Å². The number of hydrogen-bond donors (Lipinski definition) is 2. The molecule has 2 amide bonds. The SMILES string of the molecule is Cc1cccc(-n2ncc(C(=O)NC(C)c3cccc(NC(=O)c4ccccc4)c3)c2C)c1. The molecule has 33 heavy (non-hydrogen) atoms. The molecule has 6 heteroatoms. The van der Waals surface area contributed by atoms with Crippen LogP contribution >= 0.6 is 0 Å². The largest absolute Gasteiger partial charge is 0.345 e. The lowest BCUT2D eigenvalue weighted by molar-refractivity contribution is 0.0938. The van der Waals surface area contributed by atoms with Crippen molar-refractivity contribution in [1.29, 1.82) is 0 Å². The summed E-state index contributed by atoms with van der Waals surface area (Å²) < 4.78 is 1.77. The van der Waals surface area contributed by atoms with E-state index in [4.69, 9.17) is 0 Å². The minimum Gasteiger partial charge on any atom is -0.345 e. The number of carbonyl (C=O) groups is 2. The van der Waals surface area contributed by atoms with E-state index in [1.165, 1.54) is 0 Å². The van der Waals surface area contributed by atoms with Gasteiger partial charge in [-0.05, 0) is 68.3 Å². The Kier molecular flexibility index (Phi) is 6.36. The maximum atomic E-state index is 13.0. The minimum absolute atomic E-state index is 0.177. The van der Waals surface area contributed by atoms with Crippen LogP contribution in [0.5, 0.6) is 0 Å². The van der Waals surface area contributed by atoms with Crippen molar-refractivity contribution in [3.05, 3.63) is 113 Å². The van der Waals surface area contributed by atoms with E-state index in [1.807, 2.05) is 87.5 Å². The van der Waals surface area contributed by atoms with Crippen LogP contribution in [0.25, 0.3) is 5.69 Å². The normalized spacial score (nSPS) is 11.6. The number of nitrogens with one attached hydrogen (secondary N) is 2. The maximum Gasteiger partial charge on any atom is 0.255 e. The van der Waals surface area contributed by atoms with Crippen LogP contribution in [0.2, 0.25) is 0 Å². The van der Waals surface area contributed by atoms with Gasteiger partial charge in [-0.2, -0.15) is 5.10 Å². The monoisotopic (exact) mass is 438 g/mol. The van der Waals surface area contributed by atoms with E-state index in [-0.39, 0.29) is 17.9 Å². The average Bonchev–Trinajstić information content (AvgIpc) is 3.21. The van der Waals surface area contributed by atoms with Gasteiger partial charge in [0, 0.05) is 11.3 Å². The average molecular weight is 439 g/mol. The summed E-state index contributed by atoms with van der Waals surface area (Å²) in [5, 5.41) is 10.4. The molecule has 0 saturated heterocycles. The second-order valence-corrected chi connectivity index (χ2v) is 8.04. The van der Waals surface area contributed by atoms with E-state index in [1.54, 1.807) is 23.0 Å². The Morgan fingerprint density at radius 2 is 1.64 bits per heavy atom. The van der Waals surface area contributed by atoms with Crippen LogP contribution in [0.4, 0.5) is 5.69 Å². The number of hydrogen-bond acceptors (Lipinski definition) is 3. The van der Waals surface area contributed by atoms with Gasteiger partial charge < -0.3 is 10.6 Å². The van der Waals surface area contributed by atoms with Crippen molar-refractivity contribution in [3.8, 4) is 5.69 Å². The molecule has 1 unspecified atom stereocenters. The number of aryl methyl sites for hydroxylation is 1. The van der Waals surface area contributed by atoms with Crippen molar-refractivity contribution in [2.24, 2.45) is 0 Å². The number of nitrogens with zero attached hydrogens (tertiary/aromatic N) is 2. The molecule has 6 nitrogen and oxygen atoms in total. The molecule has 0 aliphatic carbocycles. The second-order valence-electron chi connectivity index (χ2n) is 8.04. The van der Waals surface area contributed by atoms with Crippen molar-refractivity contribution in [1.82, 2.24) is 15.1 Å². The Morgan fingerprint density at radius 3 is 2.39 bits per heavy atom. The molecule has 0 fully saturated rings. The zero-order valence-corrected chi connectivity index (χ0v) is 18.9. The van der Waals surface area contributed by atoms with Gasteiger partial charge in [0.1, 0.15) is 0 Å². The highest BCUT2D eigenvalue weighted by atomic mass is 16.2. The molecule has 0 spiro atoms. The molecule has 4 rings (SSSR count). The summed E-state index contributed by atoms with van der Waals surface area (Å²) in [7, 11) is 0. The highest BCUT2D eigenvalue weighted by Gasteiger charge is 2.18. The molecule has 2 N–H and O–H groups in total. The van der Waals surface area contributed by atoms with Gasteiger partial charge in [0.2, 0.25) is 0 Å². The molecule has 166 valence electrons. The zero-order valence-electron chi connectivity index (χ0n) is 18.9. The van der Waals surface area contributed by atoms with Gasteiger partial charge in [0.25, 0.3) is 11.8 Å². The Morgan fingerprint density at radius 1 is 0.879 bits per heavy atom. The van der Waals surface area contributed by atoms with Gasteiger partial charge in [-0.25, -0.2) is 4.68 Å². The third kappa shape index (κ3) is 5.01. The molecule has 3 aromatic carbocycles. The van der Waals surface area contributed by atoms with Crippen LogP contribution in [-0.2, 0) is 0 Å². The van der Waals surface area contributed by atoms with Gasteiger partial charge >= 0.3 is 0 Å². The maximum absolute atomic E-state index is 13.0. The fourth-order valence-corrected chi connectivity index (χ4v) is 3.69. The number of benzene rings is 3. The smallest absolute Gasteiger partial charge is 0.255 e. The van der Waals surface area contributed by atoms with Gasteiger partial charge in [0.15, 0.2) is 0 Å². The molecule has 4 aromatic rings. The van der Waals surface area contributed by atoms with Crippen LogP contribution < -0.4 is 10.6 Å². The molecule has 0 radical (unpaired) electrons. The predicted octanol–water partition coefficient (Wildman–Crippen LogP) is 5.23. The standard InChI is InChI=1S/C27H26N4O2/c1-18-9-7-14-24(15-18)31-20(3)25(17-28-31)27(33)29-19(2)22-12-8-13-23(16-22)30-26(32)21-10-5-4-6-11-21/h4-17,19H,1-3H3,(H,29,33)(H,30,32). The van der Waals surface area contributed by atoms with E-state index in [9.17, 15) is 9.59 Å². The molecule has 1 aromatic heterocycles. The zero-order chi connectivity index (χ0) is 23.4. The minimum atomic E-state index is -0.257. The van der Waals surface area contributed by atoms with Crippen molar-refractivity contribution >= 4 is 17.5 Å². The Labute approximate surface area is 193 Å². The van der Waals surface area contributed by atoms with Crippen molar-refractivity contribution in [2.75, 3.05) is 5.32 Å². The molecule has 0 aliphatic rings. The fourth-order valence-electron chi connectivity index (χ4n) is 3.69.